The van der Waals surface area contributed by atoms with Gasteiger partial charge in [0.05, 0.1) is 11.8 Å². The smallest absolute Gasteiger partial charge is 0.268 e. The molecule has 31 heavy (non-hydrogen) atoms. The van der Waals surface area contributed by atoms with Crippen molar-refractivity contribution in [2.75, 3.05) is 0 Å². The van der Waals surface area contributed by atoms with E-state index in [4.69, 9.17) is 5.21 Å². The summed E-state index contributed by atoms with van der Waals surface area (Å²) in [7, 11) is 1.76. The van der Waals surface area contributed by atoms with Gasteiger partial charge in [0.15, 0.2) is 0 Å². The van der Waals surface area contributed by atoms with Crippen LogP contribution in [0, 0.1) is 11.8 Å². The van der Waals surface area contributed by atoms with E-state index in [9.17, 15) is 23.2 Å². The molecule has 1 aromatic heterocycles. The summed E-state index contributed by atoms with van der Waals surface area (Å²) in [5.41, 5.74) is 0.109. The van der Waals surface area contributed by atoms with Gasteiger partial charge in [-0.3, -0.25) is 24.3 Å². The lowest BCUT2D eigenvalue weighted by Crippen LogP contribution is -2.68. The second-order valence-electron chi connectivity index (χ2n) is 6.88. The van der Waals surface area contributed by atoms with Gasteiger partial charge in [-0.25, -0.2) is 14.3 Å². The van der Waals surface area contributed by atoms with Crippen molar-refractivity contribution in [2.45, 2.75) is 31.9 Å². The molecule has 0 aliphatic carbocycles. The van der Waals surface area contributed by atoms with Crippen LogP contribution < -0.4 is 16.1 Å². The number of carbonyl (C=O) groups excluding carboxylic acids is 3. The molecule has 0 aliphatic heterocycles. The third-order valence-corrected chi connectivity index (χ3v) is 4.35. The molecule has 0 fully saturated rings. The standard InChI is InChI=1S/C20H21F2N5O4/c1-12(28)25-20(2,19(21)22)16(18(30)26-31)24-17(29)15-8-6-13(7-9-15)4-5-14-10-23-27(3)11-14/h6-11,16,19,31H,1-3H3,(H,24,29)(H,25,28)(H,26,30)/t16-,20?/m1/s1. The van der Waals surface area contributed by atoms with Gasteiger partial charge >= 0.3 is 0 Å². The number of hydrogen-bond donors (Lipinski definition) is 4. The molecule has 1 unspecified atom stereocenters. The van der Waals surface area contributed by atoms with Crippen LogP contribution in [0.3, 0.4) is 0 Å². The first-order valence-corrected chi connectivity index (χ1v) is 8.99. The highest BCUT2D eigenvalue weighted by Gasteiger charge is 2.48. The van der Waals surface area contributed by atoms with Crippen LogP contribution in [-0.4, -0.2) is 50.7 Å². The van der Waals surface area contributed by atoms with Gasteiger partial charge in [0.25, 0.3) is 18.2 Å². The third-order valence-electron chi connectivity index (χ3n) is 4.35. The van der Waals surface area contributed by atoms with Gasteiger partial charge in [0, 0.05) is 31.3 Å². The van der Waals surface area contributed by atoms with E-state index in [-0.39, 0.29) is 5.56 Å². The van der Waals surface area contributed by atoms with E-state index in [2.05, 4.69) is 22.3 Å². The normalized spacial score (nSPS) is 13.4. The summed E-state index contributed by atoms with van der Waals surface area (Å²) in [6.45, 7) is 1.87. The van der Waals surface area contributed by atoms with Crippen LogP contribution in [0.4, 0.5) is 8.78 Å². The van der Waals surface area contributed by atoms with Gasteiger partial charge in [-0.2, -0.15) is 5.10 Å². The minimum absolute atomic E-state index is 0.0575. The minimum Gasteiger partial charge on any atom is -0.343 e. The van der Waals surface area contributed by atoms with E-state index in [1.54, 1.807) is 36.3 Å². The number of aryl methyl sites for hydroxylation is 1. The van der Waals surface area contributed by atoms with Crippen molar-refractivity contribution in [3.8, 4) is 11.8 Å². The number of alkyl halides is 2. The summed E-state index contributed by atoms with van der Waals surface area (Å²) >= 11 is 0. The molecule has 0 spiro atoms. The Morgan fingerprint density at radius 1 is 1.16 bits per heavy atom. The van der Waals surface area contributed by atoms with E-state index in [0.717, 1.165) is 13.8 Å². The van der Waals surface area contributed by atoms with E-state index in [0.29, 0.717) is 11.1 Å². The summed E-state index contributed by atoms with van der Waals surface area (Å²) in [6, 6.07) is 3.92. The maximum absolute atomic E-state index is 13.7. The number of carbonyl (C=O) groups is 3. The Bertz CT molecular complexity index is 1030. The highest BCUT2D eigenvalue weighted by Crippen LogP contribution is 2.21. The first-order chi connectivity index (χ1) is 14.6. The zero-order valence-electron chi connectivity index (χ0n) is 16.9. The molecule has 164 valence electrons. The number of nitrogens with zero attached hydrogens (tertiary/aromatic N) is 2. The van der Waals surface area contributed by atoms with E-state index in [1.807, 2.05) is 5.32 Å². The Balaban J connectivity index is 2.22. The van der Waals surface area contributed by atoms with Crippen molar-refractivity contribution < 1.29 is 28.4 Å². The van der Waals surface area contributed by atoms with Crippen molar-refractivity contribution in [3.63, 3.8) is 0 Å². The summed E-state index contributed by atoms with van der Waals surface area (Å²) in [4.78, 5) is 35.9. The monoisotopic (exact) mass is 433 g/mol. The molecule has 4 N–H and O–H groups in total. The van der Waals surface area contributed by atoms with Crippen molar-refractivity contribution in [1.82, 2.24) is 25.9 Å². The number of nitrogens with one attached hydrogen (secondary N) is 3. The highest BCUT2D eigenvalue weighted by molar-refractivity contribution is 5.98. The van der Waals surface area contributed by atoms with Gasteiger partial charge in [-0.05, 0) is 31.2 Å². The van der Waals surface area contributed by atoms with Crippen molar-refractivity contribution >= 4 is 17.7 Å². The Morgan fingerprint density at radius 2 is 1.77 bits per heavy atom. The van der Waals surface area contributed by atoms with Crippen LogP contribution in [0.1, 0.15) is 35.3 Å². The average molecular weight is 433 g/mol. The molecule has 2 rings (SSSR count). The molecule has 0 saturated carbocycles. The molecule has 2 aromatic rings. The van der Waals surface area contributed by atoms with Crippen molar-refractivity contribution in [1.29, 1.82) is 0 Å². The lowest BCUT2D eigenvalue weighted by molar-refractivity contribution is -0.137. The number of aromatic nitrogens is 2. The molecule has 2 atom stereocenters. The summed E-state index contributed by atoms with van der Waals surface area (Å²) in [6.07, 6.45) is 0.0936. The number of amides is 3. The Kier molecular flexibility index (Phi) is 7.44. The molecule has 0 saturated heterocycles. The third kappa shape index (κ3) is 5.86. The van der Waals surface area contributed by atoms with Crippen LogP contribution in [0.15, 0.2) is 36.7 Å². The van der Waals surface area contributed by atoms with E-state index in [1.165, 1.54) is 17.6 Å². The van der Waals surface area contributed by atoms with Crippen LogP contribution in [-0.2, 0) is 16.6 Å². The van der Waals surface area contributed by atoms with Crippen molar-refractivity contribution in [2.24, 2.45) is 7.05 Å². The summed E-state index contributed by atoms with van der Waals surface area (Å²) < 4.78 is 28.9. The van der Waals surface area contributed by atoms with Crippen LogP contribution in [0.5, 0.6) is 0 Å². The minimum atomic E-state index is -3.23. The van der Waals surface area contributed by atoms with Gasteiger partial charge in [-0.15, -0.1) is 0 Å². The Hall–Kier alpha value is -3.78. The second kappa shape index (κ2) is 9.82. The zero-order chi connectivity index (χ0) is 23.2. The fourth-order valence-corrected chi connectivity index (χ4v) is 2.73. The number of rotatable bonds is 6. The molecule has 9 nitrogen and oxygen atoms in total. The lowest BCUT2D eigenvalue weighted by Gasteiger charge is -2.36. The average Bonchev–Trinajstić information content (AvgIpc) is 3.14. The van der Waals surface area contributed by atoms with Gasteiger partial charge in [-0.1, -0.05) is 11.8 Å². The molecule has 1 heterocycles. The first-order valence-electron chi connectivity index (χ1n) is 8.99. The Morgan fingerprint density at radius 3 is 2.26 bits per heavy atom. The summed E-state index contributed by atoms with van der Waals surface area (Å²) in [5.74, 6) is 2.77. The first kappa shape index (κ1) is 23.5. The molecule has 0 radical (unpaired) electrons. The lowest BCUT2D eigenvalue weighted by atomic mass is 9.91. The van der Waals surface area contributed by atoms with Crippen LogP contribution >= 0.6 is 0 Å². The maximum atomic E-state index is 13.7. The quantitative estimate of drug-likeness (QED) is 0.301. The van der Waals surface area contributed by atoms with Gasteiger partial charge < -0.3 is 10.6 Å². The number of benzene rings is 1. The van der Waals surface area contributed by atoms with Crippen LogP contribution in [0.2, 0.25) is 0 Å². The topological polar surface area (TPSA) is 125 Å². The molecular formula is C20H21F2N5O4. The number of halogens is 2. The highest BCUT2D eigenvalue weighted by atomic mass is 19.3. The fraction of sp³-hybridized carbons (Fsp3) is 0.300. The second-order valence-corrected chi connectivity index (χ2v) is 6.88. The number of hydroxylamine groups is 1. The molecule has 1 aromatic carbocycles. The predicted octanol–water partition coefficient (Wildman–Crippen LogP) is 0.584. The van der Waals surface area contributed by atoms with Crippen LogP contribution in [0.25, 0.3) is 0 Å². The predicted molar refractivity (Wildman–Crippen MR) is 105 cm³/mol. The van der Waals surface area contributed by atoms with E-state index < -0.39 is 35.7 Å². The van der Waals surface area contributed by atoms with Gasteiger partial charge in [0.2, 0.25) is 5.91 Å². The fourth-order valence-electron chi connectivity index (χ4n) is 2.73. The molecular weight excluding hydrogens is 412 g/mol. The molecule has 0 aliphatic rings. The number of hydrogen-bond acceptors (Lipinski definition) is 5. The SMILES string of the molecule is CC(=O)NC(C)(C(F)F)[C@H](NC(=O)c1ccc(C#Cc2cnn(C)c2)cc1)C(=O)NO. The maximum Gasteiger partial charge on any atom is 0.268 e. The zero-order valence-corrected chi connectivity index (χ0v) is 16.9. The van der Waals surface area contributed by atoms with Gasteiger partial charge in [0.1, 0.15) is 11.6 Å². The largest absolute Gasteiger partial charge is 0.343 e. The molecule has 3 amide bonds. The molecule has 11 heteroatoms. The summed E-state index contributed by atoms with van der Waals surface area (Å²) in [5, 5.41) is 17.0. The van der Waals surface area contributed by atoms with Crippen molar-refractivity contribution in [3.05, 3.63) is 53.3 Å². The molecule has 0 bridgehead atoms. The van der Waals surface area contributed by atoms with E-state index >= 15 is 0 Å². The Labute approximate surface area is 176 Å².